The molecule has 2 amide bonds. The number of carbonyl (C=O) groups excluding carboxylic acids is 3. The molecule has 198 valence electrons. The number of anilines is 3. The van der Waals surface area contributed by atoms with E-state index in [1.165, 1.54) is 16.2 Å². The van der Waals surface area contributed by atoms with Crippen LogP contribution >= 0.6 is 11.6 Å². The van der Waals surface area contributed by atoms with Crippen molar-refractivity contribution in [3.05, 3.63) is 136 Å². The maximum atomic E-state index is 13.7. The summed E-state index contributed by atoms with van der Waals surface area (Å²) < 4.78 is 0. The number of hydrogen-bond acceptors (Lipinski definition) is 5. The molecular formula is C32H25ClN4O3. The first-order valence-electron chi connectivity index (χ1n) is 12.7. The second-order valence-corrected chi connectivity index (χ2v) is 9.35. The maximum absolute atomic E-state index is 13.7. The molecule has 0 bridgehead atoms. The minimum absolute atomic E-state index is 0.0254. The number of para-hydroxylation sites is 2. The summed E-state index contributed by atoms with van der Waals surface area (Å²) in [5, 5.41) is 7.48. The van der Waals surface area contributed by atoms with E-state index >= 15 is 0 Å². The monoisotopic (exact) mass is 548 g/mol. The summed E-state index contributed by atoms with van der Waals surface area (Å²) in [6.07, 6.45) is 1.83. The van der Waals surface area contributed by atoms with Gasteiger partial charge in [0.05, 0.1) is 23.3 Å². The molecule has 40 heavy (non-hydrogen) atoms. The molecule has 4 aromatic carbocycles. The predicted molar refractivity (Wildman–Crippen MR) is 159 cm³/mol. The van der Waals surface area contributed by atoms with Gasteiger partial charge in [0, 0.05) is 16.1 Å². The Bertz CT molecular complexity index is 1560. The van der Waals surface area contributed by atoms with E-state index in [0.29, 0.717) is 45.2 Å². The molecule has 1 saturated heterocycles. The second kappa shape index (κ2) is 11.8. The average Bonchev–Trinajstić information content (AvgIpc) is 3.26. The highest BCUT2D eigenvalue weighted by atomic mass is 35.5. The average molecular weight is 549 g/mol. The standard InChI is InChI=1S/C32H25ClN4O3/c1-2-22(21-34-35-28-19-18-24(33)20-27(28)30(38)23-12-6-3-7-13-23)29-31(39)36(25-14-8-4-9-15-25)37(32(29)40)26-16-10-5-11-17-26/h3-21,35H,2H2,1H3/b34-21-. The van der Waals surface area contributed by atoms with Crippen LogP contribution in [0.2, 0.25) is 5.02 Å². The van der Waals surface area contributed by atoms with Crippen LogP contribution in [0.3, 0.4) is 0 Å². The summed E-state index contributed by atoms with van der Waals surface area (Å²) in [6.45, 7) is 1.85. The van der Waals surface area contributed by atoms with Crippen molar-refractivity contribution in [3.8, 4) is 0 Å². The van der Waals surface area contributed by atoms with Gasteiger partial charge in [0.25, 0.3) is 11.8 Å². The number of nitrogens with zero attached hydrogens (tertiary/aromatic N) is 3. The fraction of sp³-hybridized carbons (Fsp3) is 0.0625. The molecule has 1 fully saturated rings. The van der Waals surface area contributed by atoms with Gasteiger partial charge in [-0.2, -0.15) is 5.10 Å². The predicted octanol–water partition coefficient (Wildman–Crippen LogP) is 6.67. The SMILES string of the molecule is CCC(/C=N\Nc1ccc(Cl)cc1C(=O)c1ccccc1)=C1C(=O)N(c2ccccc2)N(c2ccccc2)C1=O. The molecule has 0 atom stereocenters. The Kier molecular flexibility index (Phi) is 7.84. The minimum atomic E-state index is -0.449. The van der Waals surface area contributed by atoms with Crippen molar-refractivity contribution >= 4 is 52.5 Å². The molecular weight excluding hydrogens is 524 g/mol. The van der Waals surface area contributed by atoms with Crippen molar-refractivity contribution in [2.24, 2.45) is 5.10 Å². The van der Waals surface area contributed by atoms with Crippen LogP contribution in [0, 0.1) is 0 Å². The lowest BCUT2D eigenvalue weighted by Crippen LogP contribution is -2.41. The van der Waals surface area contributed by atoms with Crippen molar-refractivity contribution in [3.63, 3.8) is 0 Å². The molecule has 0 aliphatic carbocycles. The number of hydrazone groups is 1. The zero-order chi connectivity index (χ0) is 28.1. The number of amides is 2. The van der Waals surface area contributed by atoms with Crippen molar-refractivity contribution in [2.75, 3.05) is 15.4 Å². The van der Waals surface area contributed by atoms with E-state index in [1.54, 1.807) is 66.7 Å². The van der Waals surface area contributed by atoms with Gasteiger partial charge in [0.1, 0.15) is 5.57 Å². The third-order valence-electron chi connectivity index (χ3n) is 6.38. The Hall–Kier alpha value is -5.01. The van der Waals surface area contributed by atoms with E-state index in [4.69, 9.17) is 11.6 Å². The number of nitrogens with one attached hydrogen (secondary N) is 1. The summed E-state index contributed by atoms with van der Waals surface area (Å²) in [4.78, 5) is 40.6. The smallest absolute Gasteiger partial charge is 0.283 e. The summed E-state index contributed by atoms with van der Waals surface area (Å²) in [5.41, 5.74) is 5.81. The highest BCUT2D eigenvalue weighted by molar-refractivity contribution is 6.37. The molecule has 1 aliphatic rings. The number of hydrogen-bond donors (Lipinski definition) is 1. The maximum Gasteiger partial charge on any atom is 0.283 e. The highest BCUT2D eigenvalue weighted by Gasteiger charge is 2.44. The molecule has 7 nitrogen and oxygen atoms in total. The van der Waals surface area contributed by atoms with Gasteiger partial charge in [0.2, 0.25) is 0 Å². The van der Waals surface area contributed by atoms with E-state index in [1.807, 2.05) is 49.4 Å². The van der Waals surface area contributed by atoms with Crippen molar-refractivity contribution in [1.82, 2.24) is 0 Å². The molecule has 1 heterocycles. The second-order valence-electron chi connectivity index (χ2n) is 8.91. The van der Waals surface area contributed by atoms with E-state index in [-0.39, 0.29) is 11.4 Å². The lowest BCUT2D eigenvalue weighted by atomic mass is 10.0. The Balaban J connectivity index is 1.49. The van der Waals surface area contributed by atoms with E-state index in [0.717, 1.165) is 0 Å². The quantitative estimate of drug-likeness (QED) is 0.0876. The number of hydrazine groups is 1. The lowest BCUT2D eigenvalue weighted by Gasteiger charge is -2.27. The van der Waals surface area contributed by atoms with Crippen LogP contribution in [0.4, 0.5) is 17.1 Å². The first kappa shape index (κ1) is 26.6. The third kappa shape index (κ3) is 5.28. The molecule has 8 heteroatoms. The van der Waals surface area contributed by atoms with Crippen LogP contribution in [0.15, 0.2) is 125 Å². The van der Waals surface area contributed by atoms with Gasteiger partial charge in [-0.3, -0.25) is 19.8 Å². The summed E-state index contributed by atoms with van der Waals surface area (Å²) in [5.74, 6) is -1.11. The molecule has 1 aliphatic heterocycles. The number of ketones is 1. The van der Waals surface area contributed by atoms with Crippen LogP contribution < -0.4 is 15.4 Å². The van der Waals surface area contributed by atoms with Gasteiger partial charge in [-0.25, -0.2) is 10.0 Å². The van der Waals surface area contributed by atoms with Crippen LogP contribution in [0.25, 0.3) is 0 Å². The molecule has 4 aromatic rings. The van der Waals surface area contributed by atoms with Crippen LogP contribution in [-0.4, -0.2) is 23.8 Å². The van der Waals surface area contributed by atoms with E-state index in [9.17, 15) is 14.4 Å². The number of rotatable bonds is 8. The first-order valence-corrected chi connectivity index (χ1v) is 13.1. The van der Waals surface area contributed by atoms with Crippen molar-refractivity contribution in [1.29, 1.82) is 0 Å². The van der Waals surface area contributed by atoms with E-state index in [2.05, 4.69) is 10.5 Å². The van der Waals surface area contributed by atoms with Crippen LogP contribution in [-0.2, 0) is 9.59 Å². The molecule has 0 unspecified atom stereocenters. The zero-order valence-electron chi connectivity index (χ0n) is 21.6. The molecule has 0 saturated carbocycles. The van der Waals surface area contributed by atoms with E-state index < -0.39 is 11.8 Å². The lowest BCUT2D eigenvalue weighted by molar-refractivity contribution is -0.116. The summed E-state index contributed by atoms with van der Waals surface area (Å²) in [7, 11) is 0. The van der Waals surface area contributed by atoms with Gasteiger partial charge >= 0.3 is 0 Å². The van der Waals surface area contributed by atoms with Crippen LogP contribution in [0.5, 0.6) is 0 Å². The van der Waals surface area contributed by atoms with Gasteiger partial charge < -0.3 is 0 Å². The summed E-state index contributed by atoms with van der Waals surface area (Å²) in [6, 6.07) is 31.8. The number of allylic oxidation sites excluding steroid dienone is 1. The molecule has 0 radical (unpaired) electrons. The molecule has 0 spiro atoms. The van der Waals surface area contributed by atoms with Gasteiger partial charge in [-0.1, -0.05) is 85.3 Å². The zero-order valence-corrected chi connectivity index (χ0v) is 22.4. The van der Waals surface area contributed by atoms with Crippen molar-refractivity contribution in [2.45, 2.75) is 13.3 Å². The Morgan fingerprint density at radius 1 is 0.800 bits per heavy atom. The first-order chi connectivity index (χ1) is 19.5. The molecule has 5 rings (SSSR count). The Labute approximate surface area is 237 Å². The molecule has 0 aromatic heterocycles. The highest BCUT2D eigenvalue weighted by Crippen LogP contribution is 2.33. The summed E-state index contributed by atoms with van der Waals surface area (Å²) >= 11 is 6.19. The van der Waals surface area contributed by atoms with Crippen molar-refractivity contribution < 1.29 is 14.4 Å². The van der Waals surface area contributed by atoms with Gasteiger partial charge in [-0.05, 0) is 54.5 Å². The topological polar surface area (TPSA) is 82.1 Å². The minimum Gasteiger partial charge on any atom is -0.289 e. The molecule has 1 N–H and O–H groups in total. The third-order valence-corrected chi connectivity index (χ3v) is 6.62. The Morgan fingerprint density at radius 2 is 1.32 bits per heavy atom. The fourth-order valence-electron chi connectivity index (χ4n) is 4.42. The van der Waals surface area contributed by atoms with Crippen LogP contribution in [0.1, 0.15) is 29.3 Å². The van der Waals surface area contributed by atoms with Gasteiger partial charge in [0.15, 0.2) is 5.78 Å². The Morgan fingerprint density at radius 3 is 1.85 bits per heavy atom. The van der Waals surface area contributed by atoms with Gasteiger partial charge in [-0.15, -0.1) is 0 Å². The largest absolute Gasteiger partial charge is 0.289 e. The number of halogens is 1. The normalized spacial score (nSPS) is 13.3. The number of benzene rings is 4. The number of carbonyl (C=O) groups is 3. The fourth-order valence-corrected chi connectivity index (χ4v) is 4.59.